The number of para-hydroxylation sites is 1. The van der Waals surface area contributed by atoms with Gasteiger partial charge in [-0.1, -0.05) is 41.9 Å². The van der Waals surface area contributed by atoms with Gasteiger partial charge in [0.2, 0.25) is 5.91 Å². The number of methoxy groups -OCH3 is 1. The lowest BCUT2D eigenvalue weighted by atomic mass is 10.1. The molecule has 2 aromatic carbocycles. The number of rotatable bonds is 6. The summed E-state index contributed by atoms with van der Waals surface area (Å²) in [5.74, 6) is 0.863. The first-order valence-corrected chi connectivity index (χ1v) is 8.31. The van der Waals surface area contributed by atoms with Crippen molar-refractivity contribution in [1.29, 1.82) is 0 Å². The van der Waals surface area contributed by atoms with Crippen molar-refractivity contribution in [2.75, 3.05) is 13.7 Å². The average molecular weight is 346 g/mol. The van der Waals surface area contributed by atoms with E-state index in [0.717, 1.165) is 23.3 Å². The summed E-state index contributed by atoms with van der Waals surface area (Å²) < 4.78 is 5.37. The van der Waals surface area contributed by atoms with E-state index >= 15 is 0 Å². The highest BCUT2D eigenvalue weighted by molar-refractivity contribution is 6.30. The predicted octanol–water partition coefficient (Wildman–Crippen LogP) is 3.30. The number of carbonyl (C=O) groups excluding carboxylic acids is 1. The van der Waals surface area contributed by atoms with Crippen LogP contribution in [-0.4, -0.2) is 24.7 Å². The number of hydrogen-bond acceptors (Lipinski definition) is 3. The van der Waals surface area contributed by atoms with Crippen LogP contribution in [0.4, 0.5) is 0 Å². The molecule has 24 heavy (non-hydrogen) atoms. The van der Waals surface area contributed by atoms with Gasteiger partial charge in [0.25, 0.3) is 0 Å². The van der Waals surface area contributed by atoms with E-state index in [0.29, 0.717) is 5.02 Å². The van der Waals surface area contributed by atoms with E-state index in [4.69, 9.17) is 16.3 Å². The fourth-order valence-electron chi connectivity index (χ4n) is 3.01. The molecule has 1 aliphatic rings. The van der Waals surface area contributed by atoms with Crippen LogP contribution in [0.1, 0.15) is 29.5 Å². The molecule has 4 nitrogen and oxygen atoms in total. The molecule has 1 saturated carbocycles. The van der Waals surface area contributed by atoms with E-state index in [-0.39, 0.29) is 24.3 Å². The van der Waals surface area contributed by atoms with Crippen LogP contribution in [0.2, 0.25) is 5.02 Å². The molecule has 5 heteroatoms. The largest absolute Gasteiger partial charge is 0.496 e. The minimum Gasteiger partial charge on any atom is -0.496 e. The van der Waals surface area contributed by atoms with Crippen LogP contribution in [0.25, 0.3) is 0 Å². The molecule has 1 amide bonds. The summed E-state index contributed by atoms with van der Waals surface area (Å²) in [5, 5.41) is 13.2. The molecule has 0 saturated heterocycles. The van der Waals surface area contributed by atoms with Crippen molar-refractivity contribution < 1.29 is 14.6 Å². The number of hydrogen-bond donors (Lipinski definition) is 2. The molecule has 0 heterocycles. The summed E-state index contributed by atoms with van der Waals surface area (Å²) in [6.07, 6.45) is 0.797. The van der Waals surface area contributed by atoms with Gasteiger partial charge in [-0.25, -0.2) is 0 Å². The maximum atomic E-state index is 12.5. The SMILES string of the molecule is COc1ccccc1C1CC1C(=O)NC(CO)c1ccc(Cl)cc1. The van der Waals surface area contributed by atoms with Crippen molar-refractivity contribution in [1.82, 2.24) is 5.32 Å². The maximum absolute atomic E-state index is 12.5. The van der Waals surface area contributed by atoms with Gasteiger partial charge < -0.3 is 15.2 Å². The maximum Gasteiger partial charge on any atom is 0.224 e. The average Bonchev–Trinajstić information content (AvgIpc) is 3.41. The molecule has 1 aliphatic carbocycles. The molecule has 0 spiro atoms. The Labute approximate surface area is 146 Å². The third kappa shape index (κ3) is 3.55. The monoisotopic (exact) mass is 345 g/mol. The molecular weight excluding hydrogens is 326 g/mol. The molecule has 2 N–H and O–H groups in total. The second-order valence-electron chi connectivity index (χ2n) is 5.99. The minimum atomic E-state index is -0.423. The zero-order valence-electron chi connectivity index (χ0n) is 13.4. The number of carbonyl (C=O) groups is 1. The lowest BCUT2D eigenvalue weighted by Crippen LogP contribution is -2.32. The van der Waals surface area contributed by atoms with Gasteiger partial charge >= 0.3 is 0 Å². The van der Waals surface area contributed by atoms with E-state index in [1.807, 2.05) is 36.4 Å². The number of aliphatic hydroxyl groups excluding tert-OH is 1. The van der Waals surface area contributed by atoms with Gasteiger partial charge in [-0.2, -0.15) is 0 Å². The summed E-state index contributed by atoms with van der Waals surface area (Å²) in [4.78, 5) is 12.5. The molecule has 3 atom stereocenters. The van der Waals surface area contributed by atoms with E-state index in [2.05, 4.69) is 5.32 Å². The molecule has 0 aromatic heterocycles. The van der Waals surface area contributed by atoms with Crippen LogP contribution in [0, 0.1) is 5.92 Å². The summed E-state index contributed by atoms with van der Waals surface area (Å²) in [5.41, 5.74) is 1.90. The molecule has 0 bridgehead atoms. The van der Waals surface area contributed by atoms with E-state index in [9.17, 15) is 9.90 Å². The van der Waals surface area contributed by atoms with Crippen LogP contribution >= 0.6 is 11.6 Å². The van der Waals surface area contributed by atoms with Crippen molar-refractivity contribution in [3.8, 4) is 5.75 Å². The van der Waals surface area contributed by atoms with Gasteiger partial charge in [0.15, 0.2) is 0 Å². The molecule has 126 valence electrons. The van der Waals surface area contributed by atoms with Crippen molar-refractivity contribution in [2.45, 2.75) is 18.4 Å². The molecule has 0 radical (unpaired) electrons. The van der Waals surface area contributed by atoms with Gasteiger partial charge in [-0.3, -0.25) is 4.79 Å². The normalized spacial score (nSPS) is 20.3. The molecule has 3 rings (SSSR count). The first kappa shape index (κ1) is 16.8. The van der Waals surface area contributed by atoms with Crippen molar-refractivity contribution >= 4 is 17.5 Å². The quantitative estimate of drug-likeness (QED) is 0.844. The van der Waals surface area contributed by atoms with Gasteiger partial charge in [0.05, 0.1) is 19.8 Å². The van der Waals surface area contributed by atoms with Crippen LogP contribution in [0.15, 0.2) is 48.5 Å². The van der Waals surface area contributed by atoms with Gasteiger partial charge in [-0.05, 0) is 41.7 Å². The van der Waals surface area contributed by atoms with Crippen molar-refractivity contribution in [3.05, 3.63) is 64.7 Å². The number of amides is 1. The Balaban J connectivity index is 1.66. The smallest absolute Gasteiger partial charge is 0.224 e. The first-order valence-electron chi connectivity index (χ1n) is 7.93. The highest BCUT2D eigenvalue weighted by Gasteiger charge is 2.45. The van der Waals surface area contributed by atoms with Gasteiger partial charge in [-0.15, -0.1) is 0 Å². The Bertz CT molecular complexity index is 717. The van der Waals surface area contributed by atoms with Crippen LogP contribution in [-0.2, 0) is 4.79 Å². The third-order valence-corrected chi connectivity index (χ3v) is 4.69. The van der Waals surface area contributed by atoms with Crippen LogP contribution in [0.5, 0.6) is 5.75 Å². The summed E-state index contributed by atoms with van der Waals surface area (Å²) >= 11 is 5.88. The van der Waals surface area contributed by atoms with Crippen LogP contribution < -0.4 is 10.1 Å². The molecule has 2 aromatic rings. The fraction of sp³-hybridized carbons (Fsp3) is 0.316. The molecular formula is C19H20ClNO3. The molecule has 3 unspecified atom stereocenters. The third-order valence-electron chi connectivity index (χ3n) is 4.44. The molecule has 0 aliphatic heterocycles. The van der Waals surface area contributed by atoms with E-state index < -0.39 is 6.04 Å². The highest BCUT2D eigenvalue weighted by Crippen LogP contribution is 2.50. The van der Waals surface area contributed by atoms with E-state index in [1.54, 1.807) is 19.2 Å². The Morgan fingerprint density at radius 1 is 1.29 bits per heavy atom. The van der Waals surface area contributed by atoms with Gasteiger partial charge in [0.1, 0.15) is 5.75 Å². The number of benzene rings is 2. The lowest BCUT2D eigenvalue weighted by molar-refractivity contribution is -0.123. The summed E-state index contributed by atoms with van der Waals surface area (Å²) in [7, 11) is 1.64. The topological polar surface area (TPSA) is 58.6 Å². The highest BCUT2D eigenvalue weighted by atomic mass is 35.5. The number of aliphatic hydroxyl groups is 1. The first-order chi connectivity index (χ1) is 11.6. The second kappa shape index (κ2) is 7.24. The van der Waals surface area contributed by atoms with Gasteiger partial charge in [0, 0.05) is 10.9 Å². The van der Waals surface area contributed by atoms with E-state index in [1.165, 1.54) is 0 Å². The van der Waals surface area contributed by atoms with Crippen LogP contribution in [0.3, 0.4) is 0 Å². The zero-order chi connectivity index (χ0) is 17.1. The van der Waals surface area contributed by atoms with Crippen molar-refractivity contribution in [3.63, 3.8) is 0 Å². The lowest BCUT2D eigenvalue weighted by Gasteiger charge is -2.17. The standard InChI is InChI=1S/C19H20ClNO3/c1-24-18-5-3-2-4-14(18)15-10-16(15)19(23)21-17(11-22)12-6-8-13(20)9-7-12/h2-9,15-17,22H,10-11H2,1H3,(H,21,23). The Morgan fingerprint density at radius 2 is 2.00 bits per heavy atom. The Kier molecular flexibility index (Phi) is 5.07. The molecule has 1 fully saturated rings. The summed E-state index contributed by atoms with van der Waals surface area (Å²) in [6, 6.07) is 14.5. The Hall–Kier alpha value is -2.04. The number of nitrogens with one attached hydrogen (secondary N) is 1. The Morgan fingerprint density at radius 3 is 2.67 bits per heavy atom. The number of halogens is 1. The number of ether oxygens (including phenoxy) is 1. The second-order valence-corrected chi connectivity index (χ2v) is 6.42. The fourth-order valence-corrected chi connectivity index (χ4v) is 3.14. The van der Waals surface area contributed by atoms with Crippen molar-refractivity contribution in [2.24, 2.45) is 5.92 Å². The zero-order valence-corrected chi connectivity index (χ0v) is 14.2. The minimum absolute atomic E-state index is 0.0418. The summed E-state index contributed by atoms with van der Waals surface area (Å²) in [6.45, 7) is -0.153. The predicted molar refractivity (Wildman–Crippen MR) is 93.3 cm³/mol.